The fourth-order valence-corrected chi connectivity index (χ4v) is 11.5. The van der Waals surface area contributed by atoms with Crippen LogP contribution in [-0.2, 0) is 54.4 Å². The van der Waals surface area contributed by atoms with Crippen LogP contribution < -0.4 is 76.1 Å². The lowest BCUT2D eigenvalue weighted by Gasteiger charge is -2.28. The third-order valence-corrected chi connectivity index (χ3v) is 16.3. The lowest BCUT2D eigenvalue weighted by atomic mass is 9.88. The van der Waals surface area contributed by atoms with Gasteiger partial charge in [-0.25, -0.2) is 0 Å². The largest absolute Gasteiger partial charge is 0.394 e. The van der Waals surface area contributed by atoms with E-state index in [0.717, 1.165) is 12.2 Å². The van der Waals surface area contributed by atoms with Crippen LogP contribution in [0, 0.1) is 11.8 Å². The normalized spacial score (nSPS) is 24.3. The van der Waals surface area contributed by atoms with Crippen molar-refractivity contribution >= 4 is 80.7 Å². The van der Waals surface area contributed by atoms with Gasteiger partial charge in [0, 0.05) is 24.5 Å². The van der Waals surface area contributed by atoms with Gasteiger partial charge in [-0.3, -0.25) is 47.9 Å². The van der Waals surface area contributed by atoms with Gasteiger partial charge in [-0.2, -0.15) is 0 Å². The fraction of sp³-hybridized carbons (Fsp3) is 0.698. The first kappa shape index (κ1) is 70.6. The van der Waals surface area contributed by atoms with Crippen molar-refractivity contribution in [3.8, 4) is 0 Å². The molecule has 462 valence electrons. The van der Waals surface area contributed by atoms with E-state index in [2.05, 4.69) is 53.2 Å². The molecule has 21 N–H and O–H groups in total. The van der Waals surface area contributed by atoms with E-state index >= 15 is 0 Å². The molecular formula is C53H90N14O13S2. The summed E-state index contributed by atoms with van der Waals surface area (Å²) in [5.74, 6) is -7.92. The smallest absolute Gasteiger partial charge is 0.245 e. The van der Waals surface area contributed by atoms with E-state index in [1.807, 2.05) is 0 Å². The number of amides is 10. The van der Waals surface area contributed by atoms with Gasteiger partial charge in [0.1, 0.15) is 54.4 Å². The summed E-state index contributed by atoms with van der Waals surface area (Å²) >= 11 is 0. The molecule has 1 saturated heterocycles. The molecule has 2 aliphatic rings. The Morgan fingerprint density at radius 3 is 1.68 bits per heavy atom. The molecule has 1 aliphatic heterocycles. The van der Waals surface area contributed by atoms with Crippen molar-refractivity contribution in [3.05, 3.63) is 35.9 Å². The second-order valence-corrected chi connectivity index (χ2v) is 23.8. The first-order chi connectivity index (χ1) is 39.0. The predicted octanol–water partition coefficient (Wildman–Crippen LogP) is -4.36. The van der Waals surface area contributed by atoms with E-state index in [9.17, 15) is 63.3 Å². The summed E-state index contributed by atoms with van der Waals surface area (Å²) in [4.78, 5) is 139. The van der Waals surface area contributed by atoms with Crippen LogP contribution in [0.15, 0.2) is 30.3 Å². The Morgan fingerprint density at radius 1 is 0.622 bits per heavy atom. The highest BCUT2D eigenvalue weighted by Crippen LogP contribution is 2.30. The quantitative estimate of drug-likeness (QED) is 0.0325. The van der Waals surface area contributed by atoms with Crippen LogP contribution in [0.1, 0.15) is 104 Å². The second kappa shape index (κ2) is 37.5. The topological polar surface area (TPSA) is 456 Å². The third-order valence-electron chi connectivity index (χ3n) is 13.8. The Balaban J connectivity index is 1.99. The van der Waals surface area contributed by atoms with Gasteiger partial charge in [0.2, 0.25) is 59.1 Å². The molecule has 1 heterocycles. The van der Waals surface area contributed by atoms with Gasteiger partial charge in [-0.1, -0.05) is 97.9 Å². The number of carbonyl (C=O) groups excluding carboxylic acids is 10. The Labute approximate surface area is 487 Å². The molecule has 29 heteroatoms. The summed E-state index contributed by atoms with van der Waals surface area (Å²) in [6.07, 6.45) is 3.01. The number of hydrogen-bond acceptors (Lipinski definition) is 19. The molecule has 82 heavy (non-hydrogen) atoms. The van der Waals surface area contributed by atoms with Crippen LogP contribution in [0.2, 0.25) is 0 Å². The zero-order valence-corrected chi connectivity index (χ0v) is 49.1. The monoisotopic (exact) mass is 1190 g/mol. The number of aliphatic hydroxyl groups excluding tert-OH is 3. The molecule has 1 saturated carbocycles. The minimum atomic E-state index is -1.83. The number of nitrogens with one attached hydrogen (secondary N) is 10. The second-order valence-electron chi connectivity index (χ2n) is 21.2. The molecule has 1 aliphatic carbocycles. The summed E-state index contributed by atoms with van der Waals surface area (Å²) < 4.78 is 0. The van der Waals surface area contributed by atoms with E-state index < -0.39 is 151 Å². The maximum Gasteiger partial charge on any atom is 0.245 e. The zero-order chi connectivity index (χ0) is 60.9. The van der Waals surface area contributed by atoms with Gasteiger partial charge >= 0.3 is 0 Å². The Hall–Kier alpha value is -5.66. The molecule has 10 amide bonds. The van der Waals surface area contributed by atoms with Crippen molar-refractivity contribution < 1.29 is 63.3 Å². The predicted molar refractivity (Wildman–Crippen MR) is 310 cm³/mol. The standard InChI is InChI=1S/C53H90N14O13S2/c1-29(2)25-39-49(76)61-35(15-20-54)45(72)60-37(17-22-56)48(75)67-42(30(3)69)52(79)58-23-18-38(47(74)59-36(16-21-55)46(73)64-40(50(77)63-39)26-33-13-9-6-10-14-33)62-51(78)41(27-68)65-53(80)43(31(4)70)66-44(71)34(57)28-82-81-24-19-32-11-7-5-8-12-32/h6,9-10,13-14,29-32,34-43,68-70H,5,7-8,11-12,15-28,54-57H2,1-4H3,(H,58,79)(H,59,74)(H,60,72)(H,61,76)(H,62,78)(H,63,77)(H,64,73)(H,65,80)(H,66,71)(H,67,75)/t30-,31-,34-,35+,36+,37+,38+,39+,40-,41-,42+,43+/m1/s1. The number of rotatable bonds is 25. The minimum Gasteiger partial charge on any atom is -0.394 e. The molecule has 1 aromatic rings. The van der Waals surface area contributed by atoms with Crippen LogP contribution in [-0.4, -0.2) is 191 Å². The molecule has 0 radical (unpaired) electrons. The van der Waals surface area contributed by atoms with Crippen LogP contribution in [0.5, 0.6) is 0 Å². The first-order valence-electron chi connectivity index (χ1n) is 28.2. The molecule has 2 fully saturated rings. The molecule has 0 bridgehead atoms. The Kier molecular flexibility index (Phi) is 32.3. The molecule has 1 aromatic carbocycles. The highest BCUT2D eigenvalue weighted by Gasteiger charge is 2.37. The maximum atomic E-state index is 14.4. The number of benzene rings is 1. The van der Waals surface area contributed by atoms with Crippen molar-refractivity contribution in [1.29, 1.82) is 0 Å². The summed E-state index contributed by atoms with van der Waals surface area (Å²) in [6, 6.07) is -6.39. The van der Waals surface area contributed by atoms with Crippen LogP contribution in [0.4, 0.5) is 0 Å². The van der Waals surface area contributed by atoms with E-state index in [4.69, 9.17) is 22.9 Å². The first-order valence-corrected chi connectivity index (χ1v) is 30.6. The Bertz CT molecular complexity index is 2230. The molecule has 27 nitrogen and oxygen atoms in total. The van der Waals surface area contributed by atoms with Gasteiger partial charge < -0.3 is 91.4 Å². The highest BCUT2D eigenvalue weighted by atomic mass is 33.1. The Morgan fingerprint density at radius 2 is 1.15 bits per heavy atom. The molecule has 3 rings (SSSR count). The molecular weight excluding hydrogens is 1100 g/mol. The zero-order valence-electron chi connectivity index (χ0n) is 47.5. The lowest BCUT2D eigenvalue weighted by molar-refractivity contribution is -0.137. The van der Waals surface area contributed by atoms with Crippen molar-refractivity contribution in [2.45, 2.75) is 177 Å². The third kappa shape index (κ3) is 24.7. The average molecular weight is 1200 g/mol. The summed E-state index contributed by atoms with van der Waals surface area (Å²) in [5.41, 5.74) is 24.3. The van der Waals surface area contributed by atoms with Crippen LogP contribution in [0.3, 0.4) is 0 Å². The van der Waals surface area contributed by atoms with Crippen LogP contribution >= 0.6 is 21.6 Å². The van der Waals surface area contributed by atoms with Gasteiger partial charge in [0.25, 0.3) is 0 Å². The van der Waals surface area contributed by atoms with Gasteiger partial charge in [0.15, 0.2) is 0 Å². The number of nitrogens with two attached hydrogens (primary N) is 4. The lowest BCUT2D eigenvalue weighted by Crippen LogP contribution is -2.62. The van der Waals surface area contributed by atoms with Crippen molar-refractivity contribution in [1.82, 2.24) is 53.2 Å². The van der Waals surface area contributed by atoms with Crippen molar-refractivity contribution in [2.24, 2.45) is 34.8 Å². The van der Waals surface area contributed by atoms with E-state index in [-0.39, 0.29) is 63.4 Å². The highest BCUT2D eigenvalue weighted by molar-refractivity contribution is 8.76. The molecule has 12 atom stereocenters. The minimum absolute atomic E-state index is 0.0483. The number of carbonyl (C=O) groups is 10. The molecule has 0 aromatic heterocycles. The average Bonchev–Trinajstić information content (AvgIpc) is 3.56. The SMILES string of the molecule is CC(C)C[C@@H]1NC(=O)[C@@H](Cc2ccccc2)NC(=O)[C@H](CCN)NC(=O)[C@@H](NC(=O)[C@@H](CO)NC(=O)[C@@H](NC(=O)[C@H](N)CSSCCC2CCCCC2)[C@@H](C)O)CCNC(=O)[C@H]([C@@H](C)O)NC(=O)[C@H](CCN)NC(=O)[C@H](CCN)NC1=O. The molecule has 0 spiro atoms. The van der Waals surface area contributed by atoms with E-state index in [1.165, 1.54) is 56.7 Å². The maximum absolute atomic E-state index is 14.4. The van der Waals surface area contributed by atoms with E-state index in [1.54, 1.807) is 55.0 Å². The number of hydrogen-bond donors (Lipinski definition) is 17. The van der Waals surface area contributed by atoms with Crippen molar-refractivity contribution in [2.75, 3.05) is 44.3 Å². The summed E-state index contributed by atoms with van der Waals surface area (Å²) in [7, 11) is 2.99. The van der Waals surface area contributed by atoms with Gasteiger partial charge in [-0.05, 0) is 89.4 Å². The van der Waals surface area contributed by atoms with Gasteiger partial charge in [-0.15, -0.1) is 0 Å². The van der Waals surface area contributed by atoms with E-state index in [0.29, 0.717) is 11.5 Å². The van der Waals surface area contributed by atoms with Gasteiger partial charge in [0.05, 0.1) is 24.9 Å². The van der Waals surface area contributed by atoms with Crippen molar-refractivity contribution in [3.63, 3.8) is 0 Å². The summed E-state index contributed by atoms with van der Waals surface area (Å²) in [5, 5.41) is 56.8. The fourth-order valence-electron chi connectivity index (χ4n) is 9.15. The number of aliphatic hydroxyl groups is 3. The molecule has 0 unspecified atom stereocenters. The van der Waals surface area contributed by atoms with Crippen LogP contribution in [0.25, 0.3) is 0 Å². The summed E-state index contributed by atoms with van der Waals surface area (Å²) in [6.45, 7) is 3.98.